The smallest absolute Gasteiger partial charge is 0.320 e. The van der Waals surface area contributed by atoms with Crippen molar-refractivity contribution in [3.63, 3.8) is 0 Å². The Labute approximate surface area is 174 Å². The lowest BCUT2D eigenvalue weighted by Crippen LogP contribution is -2.50. The van der Waals surface area contributed by atoms with Gasteiger partial charge in [0.15, 0.2) is 11.5 Å². The summed E-state index contributed by atoms with van der Waals surface area (Å²) < 4.78 is 10.7. The van der Waals surface area contributed by atoms with Crippen molar-refractivity contribution in [2.75, 3.05) is 40.4 Å². The lowest BCUT2D eigenvalue weighted by atomic mass is 9.95. The maximum Gasteiger partial charge on any atom is 0.320 e. The minimum atomic E-state index is -0.189. The maximum absolute atomic E-state index is 12.9. The van der Waals surface area contributed by atoms with E-state index in [9.17, 15) is 9.59 Å². The number of rotatable bonds is 7. The molecule has 0 aliphatic carbocycles. The summed E-state index contributed by atoms with van der Waals surface area (Å²) in [6.45, 7) is 10.4. The third kappa shape index (κ3) is 5.34. The topological polar surface area (TPSA) is 71.1 Å². The summed E-state index contributed by atoms with van der Waals surface area (Å²) in [7, 11) is 3.21. The number of benzene rings is 1. The Balaban J connectivity index is 2.07. The highest BCUT2D eigenvalue weighted by Gasteiger charge is 2.30. The maximum atomic E-state index is 12.9. The zero-order valence-corrected chi connectivity index (χ0v) is 18.6. The molecule has 0 radical (unpaired) electrons. The van der Waals surface area contributed by atoms with Crippen molar-refractivity contribution >= 4 is 11.9 Å². The molecule has 1 aliphatic heterocycles. The molecule has 7 nitrogen and oxygen atoms in total. The van der Waals surface area contributed by atoms with Crippen molar-refractivity contribution in [3.8, 4) is 11.5 Å². The molecule has 7 heteroatoms. The van der Waals surface area contributed by atoms with E-state index in [1.807, 2.05) is 44.7 Å². The number of amides is 3. The molecule has 162 valence electrons. The van der Waals surface area contributed by atoms with E-state index in [0.717, 1.165) is 24.0 Å². The third-order valence-corrected chi connectivity index (χ3v) is 5.69. The zero-order valence-electron chi connectivity index (χ0n) is 18.6. The van der Waals surface area contributed by atoms with E-state index in [4.69, 9.17) is 9.47 Å². The molecular weight excluding hydrogens is 370 g/mol. The first-order chi connectivity index (χ1) is 13.9. The minimum absolute atomic E-state index is 0.0104. The lowest BCUT2D eigenvalue weighted by molar-refractivity contribution is -0.127. The molecule has 0 saturated carbocycles. The number of nitrogens with one attached hydrogen (secondary N) is 1. The van der Waals surface area contributed by atoms with E-state index in [2.05, 4.69) is 5.32 Å². The van der Waals surface area contributed by atoms with Crippen LogP contribution in [0.15, 0.2) is 12.1 Å². The van der Waals surface area contributed by atoms with Crippen molar-refractivity contribution in [2.24, 2.45) is 5.92 Å². The van der Waals surface area contributed by atoms with Crippen molar-refractivity contribution in [1.82, 2.24) is 15.1 Å². The van der Waals surface area contributed by atoms with E-state index in [1.165, 1.54) is 0 Å². The molecule has 1 fully saturated rings. The SMILES string of the molecule is CCN(CC)C(=O)N1CCC[C@H](C(=O)N[C@@H](C)c2cc(OC)c(OC)cc2C)C1. The van der Waals surface area contributed by atoms with Crippen LogP contribution in [0.1, 0.15) is 50.8 Å². The lowest BCUT2D eigenvalue weighted by Gasteiger charge is -2.35. The number of methoxy groups -OCH3 is 2. The van der Waals surface area contributed by atoms with Gasteiger partial charge in [-0.3, -0.25) is 4.79 Å². The Hall–Kier alpha value is -2.44. The van der Waals surface area contributed by atoms with Crippen molar-refractivity contribution in [1.29, 1.82) is 0 Å². The van der Waals surface area contributed by atoms with Gasteiger partial charge in [0.05, 0.1) is 26.2 Å². The van der Waals surface area contributed by atoms with E-state index >= 15 is 0 Å². The number of hydrogen-bond acceptors (Lipinski definition) is 4. The van der Waals surface area contributed by atoms with Gasteiger partial charge < -0.3 is 24.6 Å². The van der Waals surface area contributed by atoms with Gasteiger partial charge >= 0.3 is 6.03 Å². The molecule has 1 aromatic rings. The number of ether oxygens (including phenoxy) is 2. The number of nitrogens with zero attached hydrogens (tertiary/aromatic N) is 2. The molecule has 1 heterocycles. The first-order valence-electron chi connectivity index (χ1n) is 10.4. The van der Waals surface area contributed by atoms with Crippen LogP contribution in [0.5, 0.6) is 11.5 Å². The number of hydrogen-bond donors (Lipinski definition) is 1. The molecule has 0 unspecified atom stereocenters. The number of piperidine rings is 1. The monoisotopic (exact) mass is 405 g/mol. The van der Waals surface area contributed by atoms with Crippen molar-refractivity contribution in [3.05, 3.63) is 23.3 Å². The zero-order chi connectivity index (χ0) is 21.6. The third-order valence-electron chi connectivity index (χ3n) is 5.69. The van der Waals surface area contributed by atoms with Crippen LogP contribution < -0.4 is 14.8 Å². The second-order valence-corrected chi connectivity index (χ2v) is 7.53. The van der Waals surface area contributed by atoms with Crippen LogP contribution in [0.25, 0.3) is 0 Å². The highest BCUT2D eigenvalue weighted by Crippen LogP contribution is 2.33. The predicted octanol–water partition coefficient (Wildman–Crippen LogP) is 3.36. The second kappa shape index (κ2) is 10.4. The molecule has 1 saturated heterocycles. The van der Waals surface area contributed by atoms with Gasteiger partial charge in [-0.25, -0.2) is 4.79 Å². The summed E-state index contributed by atoms with van der Waals surface area (Å²) in [4.78, 5) is 29.2. The summed E-state index contributed by atoms with van der Waals surface area (Å²) in [5.74, 6) is 1.11. The van der Waals surface area contributed by atoms with Crippen LogP contribution in [-0.4, -0.2) is 62.1 Å². The quantitative estimate of drug-likeness (QED) is 0.755. The fraction of sp³-hybridized carbons (Fsp3) is 0.636. The average Bonchev–Trinajstić information content (AvgIpc) is 2.74. The fourth-order valence-electron chi connectivity index (χ4n) is 3.93. The predicted molar refractivity (Wildman–Crippen MR) is 113 cm³/mol. The summed E-state index contributed by atoms with van der Waals surface area (Å²) in [6.07, 6.45) is 1.64. The van der Waals surface area contributed by atoms with Gasteiger partial charge in [-0.1, -0.05) is 0 Å². The number of carbonyl (C=O) groups is 2. The van der Waals surface area contributed by atoms with E-state index in [1.54, 1.807) is 19.1 Å². The molecule has 0 spiro atoms. The van der Waals surface area contributed by atoms with Gasteiger partial charge in [0.1, 0.15) is 0 Å². The van der Waals surface area contributed by atoms with Crippen LogP contribution in [-0.2, 0) is 4.79 Å². The second-order valence-electron chi connectivity index (χ2n) is 7.53. The summed E-state index contributed by atoms with van der Waals surface area (Å²) in [5.41, 5.74) is 2.01. The molecular formula is C22H35N3O4. The van der Waals surface area contributed by atoms with Gasteiger partial charge in [-0.2, -0.15) is 0 Å². The summed E-state index contributed by atoms with van der Waals surface area (Å²) in [6, 6.07) is 3.69. The van der Waals surface area contributed by atoms with Crippen LogP contribution in [0.4, 0.5) is 4.79 Å². The fourth-order valence-corrected chi connectivity index (χ4v) is 3.93. The van der Waals surface area contributed by atoms with Gasteiger partial charge in [0.25, 0.3) is 0 Å². The van der Waals surface area contributed by atoms with E-state index < -0.39 is 0 Å². The summed E-state index contributed by atoms with van der Waals surface area (Å²) >= 11 is 0. The molecule has 1 aliphatic rings. The van der Waals surface area contributed by atoms with E-state index in [0.29, 0.717) is 37.7 Å². The Morgan fingerprint density at radius 1 is 1.21 bits per heavy atom. The molecule has 2 atom stereocenters. The van der Waals surface area contributed by atoms with Crippen LogP contribution in [0.3, 0.4) is 0 Å². The van der Waals surface area contributed by atoms with Gasteiger partial charge in [0.2, 0.25) is 5.91 Å². The largest absolute Gasteiger partial charge is 0.493 e. The number of carbonyl (C=O) groups excluding carboxylic acids is 2. The molecule has 2 rings (SSSR count). The first kappa shape index (κ1) is 22.8. The first-order valence-corrected chi connectivity index (χ1v) is 10.4. The molecule has 1 aromatic carbocycles. The van der Waals surface area contributed by atoms with Gasteiger partial charge in [-0.05, 0) is 63.8 Å². The molecule has 0 aromatic heterocycles. The highest BCUT2D eigenvalue weighted by molar-refractivity contribution is 5.81. The van der Waals surface area contributed by atoms with E-state index in [-0.39, 0.29) is 23.9 Å². The summed E-state index contributed by atoms with van der Waals surface area (Å²) in [5, 5.41) is 3.13. The standard InChI is InChI=1S/C22H35N3O4/c1-7-24(8-2)22(27)25-11-9-10-17(14-25)21(26)23-16(4)18-13-20(29-6)19(28-5)12-15(18)3/h12-13,16-17H,7-11,14H2,1-6H3,(H,23,26)/t16-,17-/m0/s1. The molecule has 1 N–H and O–H groups in total. The number of urea groups is 1. The van der Waals surface area contributed by atoms with Gasteiger partial charge in [0, 0.05) is 26.2 Å². The van der Waals surface area contributed by atoms with Crippen LogP contribution in [0.2, 0.25) is 0 Å². The normalized spacial score (nSPS) is 17.4. The van der Waals surface area contributed by atoms with Crippen LogP contribution in [0, 0.1) is 12.8 Å². The molecule has 3 amide bonds. The Kier molecular flexibility index (Phi) is 8.17. The molecule has 0 bridgehead atoms. The minimum Gasteiger partial charge on any atom is -0.493 e. The Morgan fingerprint density at radius 2 is 1.83 bits per heavy atom. The van der Waals surface area contributed by atoms with Crippen LogP contribution >= 0.6 is 0 Å². The number of aryl methyl sites for hydroxylation is 1. The highest BCUT2D eigenvalue weighted by atomic mass is 16.5. The molecule has 29 heavy (non-hydrogen) atoms. The Bertz CT molecular complexity index is 718. The Morgan fingerprint density at radius 3 is 2.41 bits per heavy atom. The van der Waals surface area contributed by atoms with Crippen molar-refractivity contribution < 1.29 is 19.1 Å². The number of likely N-dealkylation sites (tertiary alicyclic amines) is 1. The van der Waals surface area contributed by atoms with Gasteiger partial charge in [-0.15, -0.1) is 0 Å². The van der Waals surface area contributed by atoms with Crippen molar-refractivity contribution in [2.45, 2.75) is 46.6 Å². The average molecular weight is 406 g/mol.